The fourth-order valence-electron chi connectivity index (χ4n) is 4.80. The van der Waals surface area contributed by atoms with Crippen molar-refractivity contribution in [2.24, 2.45) is 5.41 Å². The molecule has 2 aliphatic heterocycles. The largest absolute Gasteiger partial charge is 0.468 e. The van der Waals surface area contributed by atoms with Crippen LogP contribution in [-0.4, -0.2) is 46.6 Å². The summed E-state index contributed by atoms with van der Waals surface area (Å²) < 4.78 is 11.1. The molecular formula is C22H26N4O2. The molecule has 2 aromatic heterocycles. The van der Waals surface area contributed by atoms with Crippen LogP contribution in [0.15, 0.2) is 57.7 Å². The van der Waals surface area contributed by atoms with Crippen molar-refractivity contribution in [1.29, 1.82) is 0 Å². The molecule has 1 atom stereocenters. The van der Waals surface area contributed by atoms with E-state index >= 15 is 0 Å². The maximum Gasteiger partial charge on any atom is 0.257 e. The molecule has 4 heterocycles. The number of nitrogens with zero attached hydrogens (tertiary/aromatic N) is 4. The summed E-state index contributed by atoms with van der Waals surface area (Å²) in [4.78, 5) is 9.62. The van der Waals surface area contributed by atoms with Crippen LogP contribution >= 0.6 is 0 Å². The van der Waals surface area contributed by atoms with E-state index in [9.17, 15) is 0 Å². The smallest absolute Gasteiger partial charge is 0.257 e. The van der Waals surface area contributed by atoms with E-state index in [1.54, 1.807) is 6.26 Å². The van der Waals surface area contributed by atoms with Crippen LogP contribution in [-0.2, 0) is 6.54 Å². The molecule has 0 aliphatic carbocycles. The molecule has 2 saturated heterocycles. The van der Waals surface area contributed by atoms with E-state index < -0.39 is 0 Å². The van der Waals surface area contributed by atoms with Crippen LogP contribution in [0.5, 0.6) is 0 Å². The number of rotatable bonds is 4. The van der Waals surface area contributed by atoms with Crippen LogP contribution in [0.3, 0.4) is 0 Å². The molecule has 3 aromatic rings. The highest BCUT2D eigenvalue weighted by Gasteiger charge is 2.46. The van der Waals surface area contributed by atoms with Crippen LogP contribution < -0.4 is 0 Å². The van der Waals surface area contributed by atoms with Crippen LogP contribution in [0.4, 0.5) is 0 Å². The predicted octanol–water partition coefficient (Wildman–Crippen LogP) is 3.99. The topological polar surface area (TPSA) is 58.5 Å². The molecule has 0 amide bonds. The summed E-state index contributed by atoms with van der Waals surface area (Å²) in [6.07, 6.45) is 5.27. The van der Waals surface area contributed by atoms with Gasteiger partial charge in [0.05, 0.1) is 18.8 Å². The minimum Gasteiger partial charge on any atom is -0.468 e. The Morgan fingerprint density at radius 1 is 1.11 bits per heavy atom. The van der Waals surface area contributed by atoms with Gasteiger partial charge in [0, 0.05) is 12.1 Å². The molecular weight excluding hydrogens is 352 g/mol. The summed E-state index contributed by atoms with van der Waals surface area (Å²) in [6, 6.07) is 14.2. The highest BCUT2D eigenvalue weighted by atomic mass is 16.5. The standard InChI is InChI=1S/C22H26N4O2/c1-25-16-22(9-11-26(12-10-22)15-18-8-5-13-27-18)14-19(25)20-23-21(28-24-20)17-6-3-2-4-7-17/h2-8,13,19H,9-12,14-16H2,1H3. The normalized spacial score (nSPS) is 22.8. The average molecular weight is 378 g/mol. The fraction of sp³-hybridized carbons (Fsp3) is 0.455. The summed E-state index contributed by atoms with van der Waals surface area (Å²) in [5.41, 5.74) is 1.33. The Labute approximate surface area is 165 Å². The predicted molar refractivity (Wildman–Crippen MR) is 105 cm³/mol. The lowest BCUT2D eigenvalue weighted by atomic mass is 9.76. The van der Waals surface area contributed by atoms with Crippen molar-refractivity contribution in [3.8, 4) is 11.5 Å². The van der Waals surface area contributed by atoms with E-state index in [4.69, 9.17) is 13.9 Å². The fourth-order valence-corrected chi connectivity index (χ4v) is 4.80. The van der Waals surface area contributed by atoms with Gasteiger partial charge in [0.25, 0.3) is 5.89 Å². The SMILES string of the molecule is CN1CC2(CCN(Cc3ccco3)CC2)CC1c1noc(-c2ccccc2)n1. The van der Waals surface area contributed by atoms with Crippen LogP contribution in [0.2, 0.25) is 0 Å². The summed E-state index contributed by atoms with van der Waals surface area (Å²) >= 11 is 0. The van der Waals surface area contributed by atoms with Crippen LogP contribution in [0.1, 0.15) is 36.9 Å². The summed E-state index contributed by atoms with van der Waals surface area (Å²) in [7, 11) is 2.19. The highest BCUT2D eigenvalue weighted by molar-refractivity contribution is 5.52. The van der Waals surface area contributed by atoms with Gasteiger partial charge < -0.3 is 8.94 Å². The number of hydrogen-bond acceptors (Lipinski definition) is 6. The molecule has 2 aliphatic rings. The maximum atomic E-state index is 5.56. The van der Waals surface area contributed by atoms with E-state index in [0.717, 1.165) is 49.7 Å². The molecule has 146 valence electrons. The zero-order valence-electron chi connectivity index (χ0n) is 16.3. The minimum absolute atomic E-state index is 0.234. The van der Waals surface area contributed by atoms with Gasteiger partial charge >= 0.3 is 0 Å². The minimum atomic E-state index is 0.234. The van der Waals surface area contributed by atoms with Crippen molar-refractivity contribution in [2.45, 2.75) is 31.8 Å². The van der Waals surface area contributed by atoms with Gasteiger partial charge in [-0.15, -0.1) is 0 Å². The second-order valence-electron chi connectivity index (χ2n) is 8.31. The quantitative estimate of drug-likeness (QED) is 0.684. The lowest BCUT2D eigenvalue weighted by Crippen LogP contribution is -2.40. The van der Waals surface area contributed by atoms with Crippen molar-refractivity contribution >= 4 is 0 Å². The summed E-state index contributed by atoms with van der Waals surface area (Å²) in [5, 5.41) is 4.32. The molecule has 0 N–H and O–H groups in total. The lowest BCUT2D eigenvalue weighted by Gasteiger charge is -2.39. The number of aromatic nitrogens is 2. The lowest BCUT2D eigenvalue weighted by molar-refractivity contribution is 0.100. The van der Waals surface area contributed by atoms with Gasteiger partial charge in [0.15, 0.2) is 5.82 Å². The number of likely N-dealkylation sites (tertiary alicyclic amines) is 2. The van der Waals surface area contributed by atoms with Crippen LogP contribution in [0.25, 0.3) is 11.5 Å². The molecule has 6 heteroatoms. The van der Waals surface area contributed by atoms with Gasteiger partial charge in [0.1, 0.15) is 5.76 Å². The highest BCUT2D eigenvalue weighted by Crippen LogP contribution is 2.48. The molecule has 2 fully saturated rings. The zero-order chi connectivity index (χ0) is 19.0. The third kappa shape index (κ3) is 3.38. The number of piperidine rings is 1. The van der Waals surface area contributed by atoms with E-state index in [2.05, 4.69) is 28.1 Å². The van der Waals surface area contributed by atoms with E-state index in [1.807, 2.05) is 36.4 Å². The van der Waals surface area contributed by atoms with Crippen molar-refractivity contribution < 1.29 is 8.94 Å². The first kappa shape index (κ1) is 17.6. The van der Waals surface area contributed by atoms with Crippen LogP contribution in [0, 0.1) is 5.41 Å². The second-order valence-corrected chi connectivity index (χ2v) is 8.31. The summed E-state index contributed by atoms with van der Waals surface area (Å²) in [6.45, 7) is 4.24. The second kappa shape index (κ2) is 7.18. The summed E-state index contributed by atoms with van der Waals surface area (Å²) in [5.74, 6) is 2.48. The monoisotopic (exact) mass is 378 g/mol. The average Bonchev–Trinajstić information content (AvgIpc) is 3.46. The van der Waals surface area contributed by atoms with Crippen molar-refractivity contribution in [3.63, 3.8) is 0 Å². The van der Waals surface area contributed by atoms with Gasteiger partial charge in [-0.1, -0.05) is 23.4 Å². The van der Waals surface area contributed by atoms with Gasteiger partial charge in [0.2, 0.25) is 0 Å². The molecule has 0 bridgehead atoms. The molecule has 5 rings (SSSR count). The number of hydrogen-bond donors (Lipinski definition) is 0. The third-order valence-corrected chi connectivity index (χ3v) is 6.38. The van der Waals surface area contributed by atoms with Gasteiger partial charge in [-0.2, -0.15) is 4.98 Å². The molecule has 1 aromatic carbocycles. The van der Waals surface area contributed by atoms with Crippen molar-refractivity contribution in [3.05, 3.63) is 60.3 Å². The van der Waals surface area contributed by atoms with Gasteiger partial charge in [-0.05, 0) is 69.1 Å². The Kier molecular flexibility index (Phi) is 4.53. The van der Waals surface area contributed by atoms with E-state index in [0.29, 0.717) is 11.3 Å². The zero-order valence-corrected chi connectivity index (χ0v) is 16.3. The first-order chi connectivity index (χ1) is 13.7. The van der Waals surface area contributed by atoms with E-state index in [-0.39, 0.29) is 6.04 Å². The Hall–Kier alpha value is -2.44. The third-order valence-electron chi connectivity index (χ3n) is 6.38. The number of furan rings is 1. The molecule has 1 unspecified atom stereocenters. The Morgan fingerprint density at radius 3 is 2.68 bits per heavy atom. The Morgan fingerprint density at radius 2 is 1.93 bits per heavy atom. The Balaban J connectivity index is 1.25. The first-order valence-electron chi connectivity index (χ1n) is 10.0. The van der Waals surface area contributed by atoms with Gasteiger partial charge in [-0.3, -0.25) is 9.80 Å². The molecule has 1 spiro atoms. The molecule has 6 nitrogen and oxygen atoms in total. The van der Waals surface area contributed by atoms with Crippen molar-refractivity contribution in [1.82, 2.24) is 19.9 Å². The first-order valence-corrected chi connectivity index (χ1v) is 10.0. The Bertz CT molecular complexity index is 898. The van der Waals surface area contributed by atoms with Gasteiger partial charge in [-0.25, -0.2) is 0 Å². The molecule has 28 heavy (non-hydrogen) atoms. The van der Waals surface area contributed by atoms with Crippen molar-refractivity contribution in [2.75, 3.05) is 26.7 Å². The van der Waals surface area contributed by atoms with E-state index in [1.165, 1.54) is 12.8 Å². The molecule has 0 radical (unpaired) electrons. The number of benzene rings is 1. The molecule has 0 saturated carbocycles. The maximum absolute atomic E-state index is 5.56.